The van der Waals surface area contributed by atoms with Gasteiger partial charge in [-0.25, -0.2) is 14.8 Å². The Morgan fingerprint density at radius 3 is 2.56 bits per heavy atom. The number of amides is 1. The molecule has 1 amide bonds. The zero-order chi connectivity index (χ0) is 25.0. The molecule has 0 bridgehead atoms. The van der Waals surface area contributed by atoms with Crippen molar-refractivity contribution in [2.24, 2.45) is 0 Å². The maximum atomic E-state index is 13.3. The quantitative estimate of drug-likeness (QED) is 0.474. The summed E-state index contributed by atoms with van der Waals surface area (Å²) in [6, 6.07) is 4.15. The first kappa shape index (κ1) is 24.5. The maximum absolute atomic E-state index is 13.3. The maximum Gasteiger partial charge on any atom is 0.451 e. The Kier molecular flexibility index (Phi) is 6.18. The lowest BCUT2D eigenvalue weighted by atomic mass is 10.0. The van der Waals surface area contributed by atoms with E-state index in [2.05, 4.69) is 9.97 Å². The van der Waals surface area contributed by atoms with Crippen molar-refractivity contribution < 1.29 is 27.8 Å². The number of halogens is 4. The molecule has 1 aliphatic rings. The fourth-order valence-electron chi connectivity index (χ4n) is 4.42. The molecule has 7 nitrogen and oxygen atoms in total. The zero-order valence-corrected chi connectivity index (χ0v) is 20.0. The minimum atomic E-state index is -4.70. The predicted octanol–water partition coefficient (Wildman–Crippen LogP) is 5.58. The summed E-state index contributed by atoms with van der Waals surface area (Å²) < 4.78 is 47.2. The van der Waals surface area contributed by atoms with Crippen molar-refractivity contribution >= 4 is 39.6 Å². The number of carbonyl (C=O) groups excluding carboxylic acids is 1. The Balaban J connectivity index is 1.80. The smallest absolute Gasteiger partial charge is 0.444 e. The van der Waals surface area contributed by atoms with Crippen LogP contribution in [0.3, 0.4) is 0 Å². The van der Waals surface area contributed by atoms with Crippen LogP contribution in [0, 0.1) is 0 Å². The Morgan fingerprint density at radius 2 is 1.91 bits per heavy atom. The van der Waals surface area contributed by atoms with Crippen LogP contribution in [0.5, 0.6) is 0 Å². The number of nitrogens with zero attached hydrogens (tertiary/aromatic N) is 4. The van der Waals surface area contributed by atoms with Crippen molar-refractivity contribution in [3.63, 3.8) is 0 Å². The van der Waals surface area contributed by atoms with Gasteiger partial charge in [-0.05, 0) is 58.7 Å². The molecule has 3 heterocycles. The van der Waals surface area contributed by atoms with Gasteiger partial charge in [-0.3, -0.25) is 0 Å². The normalized spacial score (nSPS) is 22.3. The van der Waals surface area contributed by atoms with Gasteiger partial charge >= 0.3 is 12.3 Å². The van der Waals surface area contributed by atoms with Crippen molar-refractivity contribution in [2.45, 2.75) is 70.5 Å². The van der Waals surface area contributed by atoms with E-state index < -0.39 is 35.8 Å². The second kappa shape index (κ2) is 8.57. The summed E-state index contributed by atoms with van der Waals surface area (Å²) in [5.74, 6) is -1.25. The molecule has 1 aromatic carbocycles. The molecule has 184 valence electrons. The third-order valence-corrected chi connectivity index (χ3v) is 6.19. The highest BCUT2D eigenvalue weighted by molar-refractivity contribution is 6.31. The van der Waals surface area contributed by atoms with E-state index in [-0.39, 0.29) is 18.1 Å². The largest absolute Gasteiger partial charge is 0.451 e. The average Bonchev–Trinajstić information content (AvgIpc) is 2.94. The fraction of sp³-hybridized carbons (Fsp3) is 0.522. The fourth-order valence-corrected chi connectivity index (χ4v) is 4.59. The van der Waals surface area contributed by atoms with Crippen molar-refractivity contribution in [3.05, 3.63) is 35.2 Å². The number of fused-ring (bicyclic) bond motifs is 3. The van der Waals surface area contributed by atoms with E-state index in [1.807, 2.05) is 6.92 Å². The summed E-state index contributed by atoms with van der Waals surface area (Å²) in [6.45, 7) is 7.20. The number of likely N-dealkylation sites (tertiary alicyclic amines) is 1. The van der Waals surface area contributed by atoms with E-state index >= 15 is 0 Å². The Hall–Kier alpha value is -2.59. The number of hydrogen-bond acceptors (Lipinski definition) is 5. The number of aliphatic hydroxyl groups is 1. The number of alkyl halides is 3. The molecular formula is C23H26ClF3N4O3. The Labute approximate surface area is 199 Å². The molecule has 0 spiro atoms. The summed E-state index contributed by atoms with van der Waals surface area (Å²) in [7, 11) is 0. The van der Waals surface area contributed by atoms with Gasteiger partial charge in [0.2, 0.25) is 5.82 Å². The van der Waals surface area contributed by atoms with E-state index in [0.29, 0.717) is 34.3 Å². The molecule has 2 aromatic heterocycles. The average molecular weight is 499 g/mol. The monoisotopic (exact) mass is 498 g/mol. The van der Waals surface area contributed by atoms with Crippen molar-refractivity contribution in [1.29, 1.82) is 0 Å². The van der Waals surface area contributed by atoms with Gasteiger partial charge in [0.1, 0.15) is 11.1 Å². The van der Waals surface area contributed by atoms with Crippen LogP contribution in [0.2, 0.25) is 5.02 Å². The molecule has 0 saturated carbocycles. The molecule has 11 heteroatoms. The summed E-state index contributed by atoms with van der Waals surface area (Å²) in [4.78, 5) is 21.6. The van der Waals surface area contributed by atoms with Crippen LogP contribution in [0.1, 0.15) is 52.4 Å². The van der Waals surface area contributed by atoms with Gasteiger partial charge < -0.3 is 19.3 Å². The van der Waals surface area contributed by atoms with Crippen LogP contribution in [-0.4, -0.2) is 54.9 Å². The molecule has 4 rings (SSSR count). The van der Waals surface area contributed by atoms with E-state index in [9.17, 15) is 23.1 Å². The lowest BCUT2D eigenvalue weighted by molar-refractivity contribution is -0.144. The van der Waals surface area contributed by atoms with Crippen molar-refractivity contribution in [1.82, 2.24) is 19.4 Å². The topological polar surface area (TPSA) is 80.5 Å². The first-order valence-corrected chi connectivity index (χ1v) is 11.3. The number of rotatable bonds is 1. The second-order valence-electron chi connectivity index (χ2n) is 9.65. The van der Waals surface area contributed by atoms with Crippen LogP contribution in [0.15, 0.2) is 24.4 Å². The summed E-state index contributed by atoms with van der Waals surface area (Å²) in [5, 5.41) is 12.0. The minimum Gasteiger partial charge on any atom is -0.444 e. The molecule has 1 N–H and O–H groups in total. The van der Waals surface area contributed by atoms with Gasteiger partial charge in [-0.1, -0.05) is 11.6 Å². The van der Waals surface area contributed by atoms with Gasteiger partial charge in [-0.2, -0.15) is 13.2 Å². The molecule has 1 saturated heterocycles. The van der Waals surface area contributed by atoms with Crippen LogP contribution >= 0.6 is 11.6 Å². The molecule has 1 aliphatic heterocycles. The molecule has 0 radical (unpaired) electrons. The predicted molar refractivity (Wildman–Crippen MR) is 122 cm³/mol. The number of aliphatic hydroxyl groups excluding tert-OH is 1. The first-order valence-electron chi connectivity index (χ1n) is 11.0. The molecule has 3 aromatic rings. The number of benzene rings is 1. The van der Waals surface area contributed by atoms with Crippen LogP contribution < -0.4 is 0 Å². The number of ether oxygens (including phenoxy) is 1. The Bertz CT molecular complexity index is 1240. The van der Waals surface area contributed by atoms with E-state index in [4.69, 9.17) is 16.3 Å². The van der Waals surface area contributed by atoms with Crippen LogP contribution in [0.4, 0.5) is 18.0 Å². The van der Waals surface area contributed by atoms with E-state index in [1.54, 1.807) is 43.5 Å². The summed E-state index contributed by atoms with van der Waals surface area (Å²) in [6.07, 6.45) is -4.07. The van der Waals surface area contributed by atoms with Gasteiger partial charge in [0.25, 0.3) is 0 Å². The van der Waals surface area contributed by atoms with Crippen LogP contribution in [-0.2, 0) is 10.9 Å². The van der Waals surface area contributed by atoms with Crippen LogP contribution in [0.25, 0.3) is 21.9 Å². The lowest BCUT2D eigenvalue weighted by Crippen LogP contribution is -2.45. The highest BCUT2D eigenvalue weighted by Gasteiger charge is 2.38. The Morgan fingerprint density at radius 1 is 1.21 bits per heavy atom. The SMILES string of the molecule is CC1CCC(n2c3ccc(Cl)cc3c3nc(C(F)(F)F)ncc32)[C@H](O)CN1C(=O)OC(C)(C)C. The minimum absolute atomic E-state index is 0.0109. The summed E-state index contributed by atoms with van der Waals surface area (Å²) >= 11 is 6.14. The van der Waals surface area contributed by atoms with E-state index in [0.717, 1.165) is 6.20 Å². The third kappa shape index (κ3) is 4.65. The van der Waals surface area contributed by atoms with E-state index in [1.165, 1.54) is 4.90 Å². The van der Waals surface area contributed by atoms with Gasteiger partial charge in [0.15, 0.2) is 0 Å². The molecule has 3 atom stereocenters. The third-order valence-electron chi connectivity index (χ3n) is 5.96. The van der Waals surface area contributed by atoms with Gasteiger partial charge in [-0.15, -0.1) is 0 Å². The number of hydrogen-bond donors (Lipinski definition) is 1. The zero-order valence-electron chi connectivity index (χ0n) is 19.2. The van der Waals surface area contributed by atoms with Gasteiger partial charge in [0, 0.05) is 16.5 Å². The number of carbonyl (C=O) groups is 1. The molecule has 34 heavy (non-hydrogen) atoms. The lowest BCUT2D eigenvalue weighted by Gasteiger charge is -2.31. The molecule has 1 fully saturated rings. The number of β-amino-alcohol motifs (C(OH)–C–C–N with tert-alkyl or cyclic N) is 1. The highest BCUT2D eigenvalue weighted by Crippen LogP contribution is 2.38. The highest BCUT2D eigenvalue weighted by atomic mass is 35.5. The molecule has 2 unspecified atom stereocenters. The second-order valence-corrected chi connectivity index (χ2v) is 10.1. The number of aromatic nitrogens is 3. The van der Waals surface area contributed by atoms with Gasteiger partial charge in [0.05, 0.1) is 35.9 Å². The molecule has 0 aliphatic carbocycles. The first-order chi connectivity index (χ1) is 15.8. The molecular weight excluding hydrogens is 473 g/mol. The van der Waals surface area contributed by atoms with Crippen molar-refractivity contribution in [3.8, 4) is 0 Å². The standard InChI is InChI=1S/C23H26ClF3N4O3/c1-12-5-7-16(18(32)11-30(12)21(33)34-22(2,3)4)31-15-8-6-13(24)9-14(15)19-17(31)10-28-20(29-19)23(25,26)27/h6,8-10,12,16,18,32H,5,7,11H2,1-4H3/t12?,16?,18-/m1/s1. The van der Waals surface area contributed by atoms with Crippen molar-refractivity contribution in [2.75, 3.05) is 6.54 Å². The summed E-state index contributed by atoms with van der Waals surface area (Å²) in [5.41, 5.74) is 0.351.